The lowest BCUT2D eigenvalue weighted by molar-refractivity contribution is -0.0124. The summed E-state index contributed by atoms with van der Waals surface area (Å²) in [5.41, 5.74) is 0.322. The van der Waals surface area contributed by atoms with Crippen LogP contribution < -0.4 is 4.72 Å². The first kappa shape index (κ1) is 21.1. The lowest BCUT2D eigenvalue weighted by Gasteiger charge is -2.31. The Morgan fingerprint density at radius 1 is 1.44 bits per heavy atom. The van der Waals surface area contributed by atoms with E-state index in [2.05, 4.69) is 4.72 Å². The van der Waals surface area contributed by atoms with Gasteiger partial charge in [-0.15, -0.1) is 0 Å². The molecule has 0 aromatic heterocycles. The van der Waals surface area contributed by atoms with Gasteiger partial charge in [-0.2, -0.15) is 5.26 Å². The first-order chi connectivity index (χ1) is 11.9. The molecule has 8 heteroatoms. The van der Waals surface area contributed by atoms with Crippen molar-refractivity contribution in [1.29, 1.82) is 5.26 Å². The lowest BCUT2D eigenvalue weighted by Crippen LogP contribution is -2.44. The van der Waals surface area contributed by atoms with Crippen molar-refractivity contribution in [2.75, 3.05) is 26.2 Å². The number of ether oxygens (including phenoxy) is 1. The number of nitriles is 1. The van der Waals surface area contributed by atoms with Crippen LogP contribution in [0.4, 0.5) is 0 Å². The van der Waals surface area contributed by atoms with Gasteiger partial charge in [0.15, 0.2) is 0 Å². The summed E-state index contributed by atoms with van der Waals surface area (Å²) in [5.74, 6) is -0.214. The van der Waals surface area contributed by atoms with E-state index in [1.54, 1.807) is 11.0 Å². The van der Waals surface area contributed by atoms with Gasteiger partial charge >= 0.3 is 0 Å². The third-order valence-electron chi connectivity index (χ3n) is 3.45. The molecule has 1 N–H and O–H groups in total. The van der Waals surface area contributed by atoms with E-state index in [1.165, 1.54) is 18.2 Å². The van der Waals surface area contributed by atoms with E-state index in [9.17, 15) is 13.2 Å². The van der Waals surface area contributed by atoms with Crippen LogP contribution in [0.3, 0.4) is 0 Å². The normalized spacial score (nSPS) is 17.2. The summed E-state index contributed by atoms with van der Waals surface area (Å²) < 4.78 is 32.0. The Labute approximate surface area is 149 Å². The molecular formula is C17H25N3O4S. The summed E-state index contributed by atoms with van der Waals surface area (Å²) in [4.78, 5) is 14.2. The van der Waals surface area contributed by atoms with E-state index in [0.29, 0.717) is 25.3 Å². The summed E-state index contributed by atoms with van der Waals surface area (Å²) >= 11 is 0. The molecule has 0 bridgehead atoms. The van der Waals surface area contributed by atoms with Crippen molar-refractivity contribution in [2.45, 2.75) is 38.2 Å². The minimum absolute atomic E-state index is 0.0163. The molecule has 25 heavy (non-hydrogen) atoms. The second-order valence-corrected chi connectivity index (χ2v) is 7.03. The molecular weight excluding hydrogens is 342 g/mol. The Morgan fingerprint density at radius 2 is 2.16 bits per heavy atom. The van der Waals surface area contributed by atoms with Gasteiger partial charge in [0.1, 0.15) is 0 Å². The van der Waals surface area contributed by atoms with Gasteiger partial charge in [-0.05, 0) is 25.1 Å². The summed E-state index contributed by atoms with van der Waals surface area (Å²) in [5, 5.41) is 8.47. The van der Waals surface area contributed by atoms with Gasteiger partial charge in [-0.3, -0.25) is 4.79 Å². The van der Waals surface area contributed by atoms with Crippen molar-refractivity contribution in [3.05, 3.63) is 29.8 Å². The maximum absolute atomic E-state index is 12.5. The molecule has 0 saturated carbocycles. The highest BCUT2D eigenvalue weighted by Crippen LogP contribution is 2.15. The average molecular weight is 367 g/mol. The van der Waals surface area contributed by atoms with E-state index >= 15 is 0 Å². The first-order valence-corrected chi connectivity index (χ1v) is 9.80. The Balaban J connectivity index is 0.00000151. The van der Waals surface area contributed by atoms with Crippen LogP contribution in [-0.4, -0.2) is 51.6 Å². The SMILES string of the molecule is CC.CC1CN(C(=O)c2cccc(S(=O)(=O)NCCC#N)c2)CCO1. The molecule has 138 valence electrons. The number of sulfonamides is 1. The molecule has 1 aromatic rings. The fourth-order valence-electron chi connectivity index (χ4n) is 2.31. The number of benzene rings is 1. The number of hydrogen-bond acceptors (Lipinski definition) is 5. The maximum atomic E-state index is 12.5. The molecule has 0 radical (unpaired) electrons. The first-order valence-electron chi connectivity index (χ1n) is 8.31. The van der Waals surface area contributed by atoms with Gasteiger partial charge in [0, 0.05) is 31.6 Å². The van der Waals surface area contributed by atoms with Crippen LogP contribution in [0.1, 0.15) is 37.6 Å². The van der Waals surface area contributed by atoms with Crippen molar-refractivity contribution >= 4 is 15.9 Å². The van der Waals surface area contributed by atoms with E-state index in [-0.39, 0.29) is 29.9 Å². The highest BCUT2D eigenvalue weighted by molar-refractivity contribution is 7.89. The van der Waals surface area contributed by atoms with Crippen LogP contribution in [0.25, 0.3) is 0 Å². The topological polar surface area (TPSA) is 99.5 Å². The van der Waals surface area contributed by atoms with E-state index in [4.69, 9.17) is 10.00 Å². The highest BCUT2D eigenvalue weighted by atomic mass is 32.2. The fraction of sp³-hybridized carbons (Fsp3) is 0.529. The molecule has 1 heterocycles. The average Bonchev–Trinajstić information content (AvgIpc) is 2.63. The zero-order valence-electron chi connectivity index (χ0n) is 14.9. The van der Waals surface area contributed by atoms with Crippen LogP contribution in [0.15, 0.2) is 29.2 Å². The molecule has 7 nitrogen and oxygen atoms in total. The second-order valence-electron chi connectivity index (χ2n) is 5.27. The van der Waals surface area contributed by atoms with Gasteiger partial charge in [0.2, 0.25) is 10.0 Å². The zero-order chi connectivity index (χ0) is 18.9. The van der Waals surface area contributed by atoms with Crippen LogP contribution in [-0.2, 0) is 14.8 Å². The number of nitrogens with one attached hydrogen (secondary N) is 1. The molecule has 1 aromatic carbocycles. The number of rotatable bonds is 5. The van der Waals surface area contributed by atoms with Crippen LogP contribution in [0.5, 0.6) is 0 Å². The Kier molecular flexibility index (Phi) is 8.55. The van der Waals surface area contributed by atoms with Gasteiger partial charge < -0.3 is 9.64 Å². The molecule has 1 aliphatic rings. The van der Waals surface area contributed by atoms with Crippen LogP contribution >= 0.6 is 0 Å². The van der Waals surface area contributed by atoms with Gasteiger partial charge in [0.05, 0.1) is 23.7 Å². The van der Waals surface area contributed by atoms with Crippen molar-refractivity contribution in [2.24, 2.45) is 0 Å². The number of nitrogens with zero attached hydrogens (tertiary/aromatic N) is 2. The smallest absolute Gasteiger partial charge is 0.254 e. The molecule has 1 saturated heterocycles. The second kappa shape index (κ2) is 10.1. The van der Waals surface area contributed by atoms with E-state index in [0.717, 1.165) is 0 Å². The van der Waals surface area contributed by atoms with Crippen molar-refractivity contribution in [3.8, 4) is 6.07 Å². The highest BCUT2D eigenvalue weighted by Gasteiger charge is 2.23. The maximum Gasteiger partial charge on any atom is 0.254 e. The third-order valence-corrected chi connectivity index (χ3v) is 4.91. The van der Waals surface area contributed by atoms with E-state index in [1.807, 2.05) is 26.8 Å². The monoisotopic (exact) mass is 367 g/mol. The van der Waals surface area contributed by atoms with E-state index < -0.39 is 10.0 Å². The largest absolute Gasteiger partial charge is 0.375 e. The standard InChI is InChI=1S/C15H19N3O4S.C2H6/c1-12-11-18(8-9-22-12)15(19)13-4-2-5-14(10-13)23(20,21)17-7-3-6-16;1-2/h2,4-5,10,12,17H,3,7-9,11H2,1H3;1-2H3. The summed E-state index contributed by atoms with van der Waals surface area (Å²) in [6.45, 7) is 7.37. The summed E-state index contributed by atoms with van der Waals surface area (Å²) in [7, 11) is -3.73. The van der Waals surface area contributed by atoms with Gasteiger partial charge in [-0.25, -0.2) is 13.1 Å². The van der Waals surface area contributed by atoms with Crippen LogP contribution in [0, 0.1) is 11.3 Å². The molecule has 1 amide bonds. The number of carbonyl (C=O) groups is 1. The Morgan fingerprint density at radius 3 is 2.80 bits per heavy atom. The van der Waals surface area contributed by atoms with Crippen LogP contribution in [0.2, 0.25) is 0 Å². The lowest BCUT2D eigenvalue weighted by atomic mass is 10.2. The fourth-order valence-corrected chi connectivity index (χ4v) is 3.38. The van der Waals surface area contributed by atoms with Crippen molar-refractivity contribution in [1.82, 2.24) is 9.62 Å². The quantitative estimate of drug-likeness (QED) is 0.800. The Bertz CT molecular complexity index is 713. The van der Waals surface area contributed by atoms with Crippen molar-refractivity contribution in [3.63, 3.8) is 0 Å². The number of amides is 1. The van der Waals surface area contributed by atoms with Gasteiger partial charge in [-0.1, -0.05) is 19.9 Å². The molecule has 1 aliphatic heterocycles. The molecule has 1 unspecified atom stereocenters. The molecule has 1 fully saturated rings. The van der Waals surface area contributed by atoms with Gasteiger partial charge in [0.25, 0.3) is 5.91 Å². The number of carbonyl (C=O) groups excluding carboxylic acids is 1. The molecule has 1 atom stereocenters. The molecule has 0 aliphatic carbocycles. The predicted molar refractivity (Wildman–Crippen MR) is 94.5 cm³/mol. The molecule has 2 rings (SSSR count). The predicted octanol–water partition coefficient (Wildman–Crippen LogP) is 1.77. The minimum Gasteiger partial charge on any atom is -0.375 e. The zero-order valence-corrected chi connectivity index (χ0v) is 15.7. The van der Waals surface area contributed by atoms with Crippen molar-refractivity contribution < 1.29 is 17.9 Å². The Hall–Kier alpha value is -1.95. The summed E-state index contributed by atoms with van der Waals surface area (Å²) in [6, 6.07) is 7.78. The number of morpholine rings is 1. The third kappa shape index (κ3) is 6.12. The summed E-state index contributed by atoms with van der Waals surface area (Å²) in [6.07, 6.45) is 0.0519. The minimum atomic E-state index is -3.73. The molecule has 0 spiro atoms. The number of hydrogen-bond donors (Lipinski definition) is 1.